The van der Waals surface area contributed by atoms with Crippen LogP contribution < -0.4 is 4.74 Å². The van der Waals surface area contributed by atoms with Crippen LogP contribution in [-0.2, 0) is 5.41 Å². The fourth-order valence-corrected chi connectivity index (χ4v) is 2.30. The molecule has 1 N–H and O–H groups in total. The molecule has 3 heteroatoms. The highest BCUT2D eigenvalue weighted by Gasteiger charge is 2.14. The summed E-state index contributed by atoms with van der Waals surface area (Å²) in [6, 6.07) is 14.4. The normalized spacial score (nSPS) is 11.9. The van der Waals surface area contributed by atoms with E-state index in [1.807, 2.05) is 12.1 Å². The minimum Gasteiger partial charge on any atom is -0.507 e. The van der Waals surface area contributed by atoms with E-state index in [1.165, 1.54) is 6.08 Å². The SMILES string of the molecule is C=CCOc1ccc(C(O)=CC(=O)c2ccc(C(C)(C)C)cc2)cc1. The molecule has 0 unspecified atom stereocenters. The van der Waals surface area contributed by atoms with E-state index >= 15 is 0 Å². The summed E-state index contributed by atoms with van der Waals surface area (Å²) < 4.78 is 5.39. The monoisotopic (exact) mass is 336 g/mol. The molecule has 2 aromatic rings. The van der Waals surface area contributed by atoms with E-state index in [1.54, 1.807) is 42.5 Å². The minimum absolute atomic E-state index is 0.0367. The van der Waals surface area contributed by atoms with Gasteiger partial charge in [0, 0.05) is 17.2 Å². The standard InChI is InChI=1S/C22H24O3/c1-5-14-25-19-12-8-17(9-13-19)21(24)15-20(23)16-6-10-18(11-7-16)22(2,3)4/h5-13,15,24H,1,14H2,2-4H3. The summed E-state index contributed by atoms with van der Waals surface area (Å²) >= 11 is 0. The van der Waals surface area contributed by atoms with E-state index in [4.69, 9.17) is 4.74 Å². The van der Waals surface area contributed by atoms with E-state index in [9.17, 15) is 9.90 Å². The lowest BCUT2D eigenvalue weighted by atomic mass is 9.86. The molecule has 0 radical (unpaired) electrons. The first-order valence-electron chi connectivity index (χ1n) is 8.21. The number of aliphatic hydroxyl groups excluding tert-OH is 1. The highest BCUT2D eigenvalue weighted by Crippen LogP contribution is 2.23. The fourth-order valence-electron chi connectivity index (χ4n) is 2.30. The summed E-state index contributed by atoms with van der Waals surface area (Å²) in [6.45, 7) is 10.4. The Kier molecular flexibility index (Phi) is 5.81. The van der Waals surface area contributed by atoms with Crippen LogP contribution in [0.5, 0.6) is 5.75 Å². The topological polar surface area (TPSA) is 46.5 Å². The number of rotatable bonds is 6. The third-order valence-corrected chi connectivity index (χ3v) is 3.82. The molecule has 2 aromatic carbocycles. The van der Waals surface area contributed by atoms with Gasteiger partial charge in [0.25, 0.3) is 0 Å². The van der Waals surface area contributed by atoms with E-state index in [0.29, 0.717) is 23.5 Å². The van der Waals surface area contributed by atoms with Crippen molar-refractivity contribution in [3.63, 3.8) is 0 Å². The van der Waals surface area contributed by atoms with Gasteiger partial charge in [-0.15, -0.1) is 0 Å². The number of ether oxygens (including phenoxy) is 1. The summed E-state index contributed by atoms with van der Waals surface area (Å²) in [5.74, 6) is 0.380. The van der Waals surface area contributed by atoms with Crippen LogP contribution in [0.2, 0.25) is 0 Å². The van der Waals surface area contributed by atoms with E-state index in [2.05, 4.69) is 27.4 Å². The summed E-state index contributed by atoms with van der Waals surface area (Å²) in [7, 11) is 0. The largest absolute Gasteiger partial charge is 0.507 e. The van der Waals surface area contributed by atoms with Gasteiger partial charge in [-0.1, -0.05) is 57.7 Å². The minimum atomic E-state index is -0.232. The molecule has 130 valence electrons. The number of ketones is 1. The lowest BCUT2D eigenvalue weighted by Gasteiger charge is -2.18. The molecule has 25 heavy (non-hydrogen) atoms. The van der Waals surface area contributed by atoms with Gasteiger partial charge in [0.2, 0.25) is 0 Å². The number of carbonyl (C=O) groups excluding carboxylic acids is 1. The smallest absolute Gasteiger partial charge is 0.189 e. The van der Waals surface area contributed by atoms with Crippen molar-refractivity contribution in [3.05, 3.63) is 84.0 Å². The molecule has 0 aromatic heterocycles. The van der Waals surface area contributed by atoms with Crippen molar-refractivity contribution in [1.29, 1.82) is 0 Å². The first-order chi connectivity index (χ1) is 11.8. The Balaban J connectivity index is 2.13. The molecule has 3 nitrogen and oxygen atoms in total. The van der Waals surface area contributed by atoms with Crippen LogP contribution >= 0.6 is 0 Å². The second-order valence-electron chi connectivity index (χ2n) is 6.85. The number of carbonyl (C=O) groups is 1. The average molecular weight is 336 g/mol. The highest BCUT2D eigenvalue weighted by atomic mass is 16.5. The predicted molar refractivity (Wildman–Crippen MR) is 102 cm³/mol. The van der Waals surface area contributed by atoms with Gasteiger partial charge in [0.15, 0.2) is 5.78 Å². The Morgan fingerprint density at radius 1 is 1.04 bits per heavy atom. The Bertz CT molecular complexity index is 760. The van der Waals surface area contributed by atoms with Crippen LogP contribution in [0.15, 0.2) is 67.3 Å². The lowest BCUT2D eigenvalue weighted by molar-refractivity contribution is 0.104. The highest BCUT2D eigenvalue weighted by molar-refractivity contribution is 6.07. The summed E-state index contributed by atoms with van der Waals surface area (Å²) in [5, 5.41) is 10.2. The van der Waals surface area contributed by atoms with E-state index in [-0.39, 0.29) is 17.0 Å². The molecule has 0 saturated heterocycles. The van der Waals surface area contributed by atoms with Crippen LogP contribution in [0.25, 0.3) is 5.76 Å². The summed E-state index contributed by atoms with van der Waals surface area (Å²) in [5.41, 5.74) is 2.30. The Labute approximate surface area is 149 Å². The maximum atomic E-state index is 12.3. The van der Waals surface area contributed by atoms with Crippen molar-refractivity contribution < 1.29 is 14.6 Å². The predicted octanol–water partition coefficient (Wildman–Crippen LogP) is 5.33. The molecule has 0 bridgehead atoms. The average Bonchev–Trinajstić information content (AvgIpc) is 2.59. The van der Waals surface area contributed by atoms with Crippen LogP contribution in [0.4, 0.5) is 0 Å². The number of allylic oxidation sites excluding steroid dienone is 1. The van der Waals surface area contributed by atoms with Crippen molar-refractivity contribution in [1.82, 2.24) is 0 Å². The molecular weight excluding hydrogens is 312 g/mol. The van der Waals surface area contributed by atoms with Crippen LogP contribution in [0, 0.1) is 0 Å². The van der Waals surface area contributed by atoms with Gasteiger partial charge in [-0.05, 0) is 35.2 Å². The summed E-state index contributed by atoms with van der Waals surface area (Å²) in [4.78, 5) is 12.3. The molecule has 0 spiro atoms. The molecule has 0 aliphatic rings. The Morgan fingerprint density at radius 2 is 1.60 bits per heavy atom. The van der Waals surface area contributed by atoms with Gasteiger partial charge < -0.3 is 9.84 Å². The van der Waals surface area contributed by atoms with Gasteiger partial charge >= 0.3 is 0 Å². The van der Waals surface area contributed by atoms with Gasteiger partial charge in [-0.2, -0.15) is 0 Å². The maximum absolute atomic E-state index is 12.3. The molecule has 0 saturated carbocycles. The number of aliphatic hydroxyl groups is 1. The van der Waals surface area contributed by atoms with Gasteiger partial charge in [0.1, 0.15) is 18.1 Å². The quantitative estimate of drug-likeness (QED) is 0.336. The van der Waals surface area contributed by atoms with Crippen molar-refractivity contribution in [3.8, 4) is 5.75 Å². The second-order valence-corrected chi connectivity index (χ2v) is 6.85. The molecule has 2 rings (SSSR count). The number of hydrogen-bond donors (Lipinski definition) is 1. The van der Waals surface area contributed by atoms with Gasteiger partial charge in [-0.25, -0.2) is 0 Å². The fraction of sp³-hybridized carbons (Fsp3) is 0.227. The molecule has 0 amide bonds. The molecular formula is C22H24O3. The van der Waals surface area contributed by atoms with Crippen LogP contribution in [-0.4, -0.2) is 17.5 Å². The second kappa shape index (κ2) is 7.84. The van der Waals surface area contributed by atoms with E-state index < -0.39 is 0 Å². The summed E-state index contributed by atoms with van der Waals surface area (Å²) in [6.07, 6.45) is 2.90. The first kappa shape index (κ1) is 18.5. The Morgan fingerprint density at radius 3 is 2.12 bits per heavy atom. The third-order valence-electron chi connectivity index (χ3n) is 3.82. The Hall–Kier alpha value is -2.81. The zero-order valence-electron chi connectivity index (χ0n) is 15.0. The zero-order chi connectivity index (χ0) is 18.4. The maximum Gasteiger partial charge on any atom is 0.189 e. The molecule has 0 heterocycles. The van der Waals surface area contributed by atoms with Crippen molar-refractivity contribution in [2.45, 2.75) is 26.2 Å². The lowest BCUT2D eigenvalue weighted by Crippen LogP contribution is -2.11. The number of benzene rings is 2. The molecule has 0 aliphatic heterocycles. The molecule has 0 atom stereocenters. The van der Waals surface area contributed by atoms with Crippen molar-refractivity contribution in [2.24, 2.45) is 0 Å². The van der Waals surface area contributed by atoms with Crippen molar-refractivity contribution >= 4 is 11.5 Å². The third kappa shape index (κ3) is 5.08. The zero-order valence-corrected chi connectivity index (χ0v) is 15.0. The van der Waals surface area contributed by atoms with E-state index in [0.717, 1.165) is 5.56 Å². The van der Waals surface area contributed by atoms with Crippen LogP contribution in [0.1, 0.15) is 42.3 Å². The van der Waals surface area contributed by atoms with Crippen molar-refractivity contribution in [2.75, 3.05) is 6.61 Å². The van der Waals surface area contributed by atoms with Crippen LogP contribution in [0.3, 0.4) is 0 Å². The molecule has 0 aliphatic carbocycles. The molecule has 0 fully saturated rings. The number of hydrogen-bond acceptors (Lipinski definition) is 3. The van der Waals surface area contributed by atoms with Gasteiger partial charge in [0.05, 0.1) is 0 Å². The first-order valence-corrected chi connectivity index (χ1v) is 8.21. The van der Waals surface area contributed by atoms with Gasteiger partial charge in [-0.3, -0.25) is 4.79 Å².